The van der Waals surface area contributed by atoms with Gasteiger partial charge in [-0.1, -0.05) is 11.6 Å². The Morgan fingerprint density at radius 3 is 2.66 bits per heavy atom. The molecule has 8 nitrogen and oxygen atoms in total. The van der Waals surface area contributed by atoms with Crippen molar-refractivity contribution in [3.8, 4) is 0 Å². The quantitative estimate of drug-likeness (QED) is 0.466. The van der Waals surface area contributed by atoms with Crippen LogP contribution in [-0.2, 0) is 24.3 Å². The molecule has 1 fully saturated rings. The third-order valence-corrected chi connectivity index (χ3v) is 7.30. The Morgan fingerprint density at radius 1 is 1.12 bits per heavy atom. The van der Waals surface area contributed by atoms with Gasteiger partial charge in [-0.2, -0.15) is 4.31 Å². The van der Waals surface area contributed by atoms with Gasteiger partial charge in [0, 0.05) is 13.1 Å². The van der Waals surface area contributed by atoms with Crippen molar-refractivity contribution < 1.29 is 31.5 Å². The molecule has 2 amide bonds. The van der Waals surface area contributed by atoms with E-state index in [4.69, 9.17) is 4.74 Å². The average molecular weight is 472 g/mol. The Labute approximate surface area is 186 Å². The largest absolute Gasteiger partial charge is 0.360 e. The number of benzene rings is 1. The van der Waals surface area contributed by atoms with Crippen molar-refractivity contribution >= 4 is 21.8 Å². The van der Waals surface area contributed by atoms with E-state index in [1.54, 1.807) is 0 Å². The van der Waals surface area contributed by atoms with Gasteiger partial charge in [0.1, 0.15) is 22.8 Å². The standard InChI is InChI=1S/C21H27F2N3O5S/c22-16-7-8-17(23)18(13-16)32(29,30)26-11-4-12-31-19(26)14-25-21(28)20(27)24-10-9-15-5-2-1-3-6-15/h5,7-8,13,19H,1-4,6,9-12,14H2,(H,24,27)(H,25,28)/t19-/m0/s1. The van der Waals surface area contributed by atoms with Gasteiger partial charge < -0.3 is 15.4 Å². The molecule has 0 saturated carbocycles. The van der Waals surface area contributed by atoms with Gasteiger partial charge in [-0.25, -0.2) is 17.2 Å². The molecular formula is C21H27F2N3O5S. The van der Waals surface area contributed by atoms with E-state index in [0.29, 0.717) is 25.5 Å². The highest BCUT2D eigenvalue weighted by Crippen LogP contribution is 2.25. The number of sulfonamides is 1. The van der Waals surface area contributed by atoms with Gasteiger partial charge in [0.25, 0.3) is 0 Å². The Kier molecular flexibility index (Phi) is 8.32. The van der Waals surface area contributed by atoms with E-state index in [2.05, 4.69) is 16.7 Å². The second-order valence-electron chi connectivity index (χ2n) is 7.69. The van der Waals surface area contributed by atoms with Crippen LogP contribution in [0.2, 0.25) is 0 Å². The molecule has 2 N–H and O–H groups in total. The summed E-state index contributed by atoms with van der Waals surface area (Å²) >= 11 is 0. The lowest BCUT2D eigenvalue weighted by Crippen LogP contribution is -2.53. The molecule has 0 aromatic heterocycles. The van der Waals surface area contributed by atoms with Crippen LogP contribution in [0, 0.1) is 11.6 Å². The van der Waals surface area contributed by atoms with Gasteiger partial charge in [-0.15, -0.1) is 0 Å². The number of carbonyl (C=O) groups excluding carboxylic acids is 2. The summed E-state index contributed by atoms with van der Waals surface area (Å²) < 4.78 is 59.7. The first-order valence-electron chi connectivity index (χ1n) is 10.6. The maximum atomic E-state index is 14.1. The summed E-state index contributed by atoms with van der Waals surface area (Å²) in [7, 11) is -4.42. The lowest BCUT2D eigenvalue weighted by atomic mass is 9.97. The predicted molar refractivity (Wildman–Crippen MR) is 112 cm³/mol. The summed E-state index contributed by atoms with van der Waals surface area (Å²) in [6.45, 7) is 0.241. The zero-order chi connectivity index (χ0) is 23.1. The topological polar surface area (TPSA) is 105 Å². The number of amides is 2. The molecule has 1 saturated heterocycles. The number of ether oxygens (including phenoxy) is 1. The fraction of sp³-hybridized carbons (Fsp3) is 0.524. The Balaban J connectivity index is 1.56. The zero-order valence-corrected chi connectivity index (χ0v) is 18.4. The number of rotatable bonds is 7. The molecule has 1 atom stereocenters. The second kappa shape index (κ2) is 11.0. The molecule has 11 heteroatoms. The fourth-order valence-corrected chi connectivity index (χ4v) is 5.36. The van der Waals surface area contributed by atoms with Crippen molar-refractivity contribution in [3.05, 3.63) is 41.5 Å². The van der Waals surface area contributed by atoms with E-state index in [0.717, 1.165) is 35.7 Å². The summed E-state index contributed by atoms with van der Waals surface area (Å²) in [5.74, 6) is -3.74. The molecule has 0 unspecified atom stereocenters. The third kappa shape index (κ3) is 6.11. The maximum absolute atomic E-state index is 14.1. The number of allylic oxidation sites excluding steroid dienone is 1. The summed E-state index contributed by atoms with van der Waals surface area (Å²) in [5, 5.41) is 4.90. The molecule has 3 rings (SSSR count). The lowest BCUT2D eigenvalue weighted by Gasteiger charge is -2.34. The van der Waals surface area contributed by atoms with Crippen LogP contribution < -0.4 is 10.6 Å². The first kappa shape index (κ1) is 24.3. The highest BCUT2D eigenvalue weighted by Gasteiger charge is 2.36. The van der Waals surface area contributed by atoms with Crippen LogP contribution in [-0.4, -0.2) is 57.0 Å². The second-order valence-corrected chi connectivity index (χ2v) is 9.55. The van der Waals surface area contributed by atoms with Crippen LogP contribution in [0.15, 0.2) is 34.7 Å². The van der Waals surface area contributed by atoms with Crippen LogP contribution in [0.4, 0.5) is 8.78 Å². The van der Waals surface area contributed by atoms with Gasteiger partial charge in [0.05, 0.1) is 13.2 Å². The van der Waals surface area contributed by atoms with E-state index < -0.39 is 44.6 Å². The monoisotopic (exact) mass is 471 g/mol. The van der Waals surface area contributed by atoms with Crippen molar-refractivity contribution in [2.75, 3.05) is 26.2 Å². The van der Waals surface area contributed by atoms with Crippen LogP contribution in [0.25, 0.3) is 0 Å². The molecule has 1 aliphatic heterocycles. The van der Waals surface area contributed by atoms with Crippen molar-refractivity contribution in [3.63, 3.8) is 0 Å². The number of nitrogens with zero attached hydrogens (tertiary/aromatic N) is 1. The highest BCUT2D eigenvalue weighted by molar-refractivity contribution is 7.89. The van der Waals surface area contributed by atoms with Gasteiger partial charge in [0.15, 0.2) is 0 Å². The fourth-order valence-electron chi connectivity index (χ4n) is 3.71. The molecule has 0 bridgehead atoms. The minimum Gasteiger partial charge on any atom is -0.360 e. The van der Waals surface area contributed by atoms with Crippen molar-refractivity contribution in [1.82, 2.24) is 14.9 Å². The molecule has 0 radical (unpaired) electrons. The first-order chi connectivity index (χ1) is 15.3. The molecule has 32 heavy (non-hydrogen) atoms. The molecule has 1 aromatic carbocycles. The lowest BCUT2D eigenvalue weighted by molar-refractivity contribution is -0.140. The first-order valence-corrected chi connectivity index (χ1v) is 12.1. The number of nitrogens with one attached hydrogen (secondary N) is 2. The van der Waals surface area contributed by atoms with Gasteiger partial charge in [-0.3, -0.25) is 9.59 Å². The SMILES string of the molecule is O=C(NCCC1=CCCCC1)C(=O)NC[C@@H]1OCCCN1S(=O)(=O)c1cc(F)ccc1F. The Hall–Kier alpha value is -2.37. The summed E-state index contributed by atoms with van der Waals surface area (Å²) in [5.41, 5.74) is 1.26. The van der Waals surface area contributed by atoms with E-state index in [9.17, 15) is 26.8 Å². The molecule has 1 heterocycles. The third-order valence-electron chi connectivity index (χ3n) is 5.39. The zero-order valence-electron chi connectivity index (χ0n) is 17.6. The number of halogens is 2. The van der Waals surface area contributed by atoms with Crippen molar-refractivity contribution in [1.29, 1.82) is 0 Å². The molecule has 0 spiro atoms. The molecular weight excluding hydrogens is 444 g/mol. The average Bonchev–Trinajstić information content (AvgIpc) is 2.79. The van der Waals surface area contributed by atoms with Gasteiger partial charge in [0.2, 0.25) is 10.0 Å². The number of hydrogen-bond acceptors (Lipinski definition) is 5. The van der Waals surface area contributed by atoms with Crippen molar-refractivity contribution in [2.24, 2.45) is 0 Å². The van der Waals surface area contributed by atoms with Gasteiger partial charge in [-0.05, 0) is 56.7 Å². The van der Waals surface area contributed by atoms with Crippen LogP contribution >= 0.6 is 0 Å². The van der Waals surface area contributed by atoms with E-state index in [1.165, 1.54) is 12.0 Å². The summed E-state index contributed by atoms with van der Waals surface area (Å²) in [4.78, 5) is 23.3. The van der Waals surface area contributed by atoms with Crippen LogP contribution in [0.5, 0.6) is 0 Å². The maximum Gasteiger partial charge on any atom is 0.309 e. The minimum absolute atomic E-state index is 0.000131. The normalized spacial score (nSPS) is 19.8. The highest BCUT2D eigenvalue weighted by atomic mass is 32.2. The molecule has 2 aliphatic rings. The minimum atomic E-state index is -4.42. The molecule has 1 aromatic rings. The summed E-state index contributed by atoms with van der Waals surface area (Å²) in [6.07, 6.45) is 6.35. The smallest absolute Gasteiger partial charge is 0.309 e. The predicted octanol–water partition coefficient (Wildman–Crippen LogP) is 1.82. The summed E-state index contributed by atoms with van der Waals surface area (Å²) in [6, 6.07) is 2.16. The van der Waals surface area contributed by atoms with Crippen LogP contribution in [0.3, 0.4) is 0 Å². The van der Waals surface area contributed by atoms with Gasteiger partial charge >= 0.3 is 11.8 Å². The number of hydrogen-bond donors (Lipinski definition) is 2. The Morgan fingerprint density at radius 2 is 1.91 bits per heavy atom. The van der Waals surface area contributed by atoms with E-state index >= 15 is 0 Å². The van der Waals surface area contributed by atoms with E-state index in [-0.39, 0.29) is 19.7 Å². The van der Waals surface area contributed by atoms with Crippen LogP contribution in [0.1, 0.15) is 38.5 Å². The number of carbonyl (C=O) groups is 2. The molecule has 1 aliphatic carbocycles. The molecule has 176 valence electrons. The van der Waals surface area contributed by atoms with Crippen molar-refractivity contribution in [2.45, 2.75) is 49.6 Å². The Bertz CT molecular complexity index is 984. The van der Waals surface area contributed by atoms with E-state index in [1.807, 2.05) is 0 Å².